The second kappa shape index (κ2) is 6.68. The number of benzene rings is 2. The number of carbonyl (C=O) groups is 1. The van der Waals surface area contributed by atoms with Gasteiger partial charge >= 0.3 is 0 Å². The maximum atomic E-state index is 12.5. The Morgan fingerprint density at radius 3 is 2.48 bits per heavy atom. The van der Waals surface area contributed by atoms with Crippen LogP contribution in [0.5, 0.6) is 11.5 Å². The van der Waals surface area contributed by atoms with Crippen LogP contribution < -0.4 is 20.3 Å². The summed E-state index contributed by atoms with van der Waals surface area (Å²) in [4.78, 5) is 26.9. The van der Waals surface area contributed by atoms with Crippen molar-refractivity contribution in [2.45, 2.75) is 6.92 Å². The van der Waals surface area contributed by atoms with Crippen molar-refractivity contribution in [3.05, 3.63) is 63.9 Å². The number of aryl methyl sites for hydroxylation is 1. The molecule has 1 heterocycles. The standard InChI is InChI=1S/C19H18N2O4/c1-11-8-18(22)21-15-10-13(5-6-14(11)15)20-19(23)12-4-7-16(24-2)17(9-12)25-3/h4-10H,1-3H3,(H,20,23)(H,21,22). The first-order valence-electron chi connectivity index (χ1n) is 7.69. The van der Waals surface area contributed by atoms with Crippen LogP contribution in [0.15, 0.2) is 47.3 Å². The third-order valence-corrected chi connectivity index (χ3v) is 3.95. The molecule has 0 saturated carbocycles. The molecule has 25 heavy (non-hydrogen) atoms. The molecule has 3 aromatic rings. The smallest absolute Gasteiger partial charge is 0.255 e. The molecule has 0 saturated heterocycles. The predicted octanol–water partition coefficient (Wildman–Crippen LogP) is 3.11. The van der Waals surface area contributed by atoms with Gasteiger partial charge in [-0.2, -0.15) is 0 Å². The molecule has 1 amide bonds. The minimum atomic E-state index is -0.282. The molecular weight excluding hydrogens is 320 g/mol. The molecule has 0 fully saturated rings. The average molecular weight is 338 g/mol. The zero-order valence-electron chi connectivity index (χ0n) is 14.2. The number of amides is 1. The van der Waals surface area contributed by atoms with Crippen LogP contribution in [0.1, 0.15) is 15.9 Å². The van der Waals surface area contributed by atoms with E-state index in [-0.39, 0.29) is 11.5 Å². The first-order chi connectivity index (χ1) is 12.0. The van der Waals surface area contributed by atoms with Crippen molar-refractivity contribution in [3.8, 4) is 11.5 Å². The molecule has 0 radical (unpaired) electrons. The summed E-state index contributed by atoms with van der Waals surface area (Å²) in [5, 5.41) is 3.75. The minimum absolute atomic E-state index is 0.173. The maximum Gasteiger partial charge on any atom is 0.255 e. The van der Waals surface area contributed by atoms with Crippen LogP contribution in [0.3, 0.4) is 0 Å². The number of methoxy groups -OCH3 is 2. The van der Waals surface area contributed by atoms with Crippen LogP contribution >= 0.6 is 0 Å². The topological polar surface area (TPSA) is 80.4 Å². The summed E-state index contributed by atoms with van der Waals surface area (Å²) in [6.07, 6.45) is 0. The molecule has 2 N–H and O–H groups in total. The van der Waals surface area contributed by atoms with E-state index >= 15 is 0 Å². The van der Waals surface area contributed by atoms with Gasteiger partial charge in [0.1, 0.15) is 0 Å². The molecule has 6 nitrogen and oxygen atoms in total. The first-order valence-corrected chi connectivity index (χ1v) is 7.69. The SMILES string of the molecule is COc1ccc(C(=O)Nc2ccc3c(C)cc(=O)[nH]c3c2)cc1OC. The Hall–Kier alpha value is -3.28. The summed E-state index contributed by atoms with van der Waals surface area (Å²) in [6.45, 7) is 1.87. The monoisotopic (exact) mass is 338 g/mol. The summed E-state index contributed by atoms with van der Waals surface area (Å²) in [6, 6.07) is 11.9. The molecule has 0 aliphatic rings. The van der Waals surface area contributed by atoms with Gasteiger partial charge in [-0.3, -0.25) is 9.59 Å². The highest BCUT2D eigenvalue weighted by Crippen LogP contribution is 2.28. The number of rotatable bonds is 4. The van der Waals surface area contributed by atoms with Crippen LogP contribution in [0.2, 0.25) is 0 Å². The Balaban J connectivity index is 1.90. The van der Waals surface area contributed by atoms with Gasteiger partial charge in [0.25, 0.3) is 5.91 Å². The number of nitrogens with one attached hydrogen (secondary N) is 2. The van der Waals surface area contributed by atoms with Gasteiger partial charge in [0.15, 0.2) is 11.5 Å². The van der Waals surface area contributed by atoms with Gasteiger partial charge in [-0.1, -0.05) is 6.07 Å². The molecule has 0 aliphatic carbocycles. The van der Waals surface area contributed by atoms with Gasteiger partial charge in [-0.25, -0.2) is 0 Å². The van der Waals surface area contributed by atoms with Crippen LogP contribution in [0.25, 0.3) is 10.9 Å². The number of ether oxygens (including phenoxy) is 2. The fourth-order valence-electron chi connectivity index (χ4n) is 2.69. The van der Waals surface area contributed by atoms with E-state index in [4.69, 9.17) is 9.47 Å². The Kier molecular flexibility index (Phi) is 4.43. The number of carbonyl (C=O) groups excluding carboxylic acids is 1. The van der Waals surface area contributed by atoms with Gasteiger partial charge in [-0.15, -0.1) is 0 Å². The highest BCUT2D eigenvalue weighted by molar-refractivity contribution is 6.05. The van der Waals surface area contributed by atoms with Crippen LogP contribution in [0.4, 0.5) is 5.69 Å². The number of fused-ring (bicyclic) bond motifs is 1. The zero-order valence-corrected chi connectivity index (χ0v) is 14.2. The van der Waals surface area contributed by atoms with Crippen LogP contribution in [-0.4, -0.2) is 25.1 Å². The van der Waals surface area contributed by atoms with Crippen molar-refractivity contribution in [2.24, 2.45) is 0 Å². The van der Waals surface area contributed by atoms with Gasteiger partial charge in [-0.05, 0) is 42.8 Å². The van der Waals surface area contributed by atoms with Gasteiger partial charge < -0.3 is 19.8 Å². The van der Waals surface area contributed by atoms with Crippen molar-refractivity contribution < 1.29 is 14.3 Å². The van der Waals surface area contributed by atoms with E-state index in [0.717, 1.165) is 10.9 Å². The van der Waals surface area contributed by atoms with Gasteiger partial charge in [0.2, 0.25) is 5.56 Å². The highest BCUT2D eigenvalue weighted by Gasteiger charge is 2.11. The lowest BCUT2D eigenvalue weighted by atomic mass is 10.1. The van der Waals surface area contributed by atoms with Crippen molar-refractivity contribution in [1.82, 2.24) is 4.98 Å². The van der Waals surface area contributed by atoms with E-state index < -0.39 is 0 Å². The van der Waals surface area contributed by atoms with E-state index in [1.807, 2.05) is 13.0 Å². The second-order valence-electron chi connectivity index (χ2n) is 5.60. The number of hydrogen-bond donors (Lipinski definition) is 2. The Morgan fingerprint density at radius 2 is 1.76 bits per heavy atom. The van der Waals surface area contributed by atoms with Crippen LogP contribution in [-0.2, 0) is 0 Å². The molecule has 0 atom stereocenters. The first kappa shape index (κ1) is 16.6. The molecule has 0 unspecified atom stereocenters. The minimum Gasteiger partial charge on any atom is -0.493 e. The Morgan fingerprint density at radius 1 is 1.00 bits per heavy atom. The number of anilines is 1. The summed E-state index contributed by atoms with van der Waals surface area (Å²) >= 11 is 0. The van der Waals surface area contributed by atoms with Crippen molar-refractivity contribution >= 4 is 22.5 Å². The normalized spacial score (nSPS) is 10.5. The summed E-state index contributed by atoms with van der Waals surface area (Å²) in [5.41, 5.74) is 2.42. The number of pyridine rings is 1. The largest absolute Gasteiger partial charge is 0.493 e. The predicted molar refractivity (Wildman–Crippen MR) is 96.8 cm³/mol. The molecule has 1 aromatic heterocycles. The maximum absolute atomic E-state index is 12.5. The third kappa shape index (κ3) is 3.33. The fraction of sp³-hybridized carbons (Fsp3) is 0.158. The molecule has 6 heteroatoms. The summed E-state index contributed by atoms with van der Waals surface area (Å²) in [7, 11) is 3.05. The molecule has 3 rings (SSSR count). The second-order valence-corrected chi connectivity index (χ2v) is 5.60. The molecule has 128 valence electrons. The average Bonchev–Trinajstić information content (AvgIpc) is 2.60. The van der Waals surface area contributed by atoms with Crippen molar-refractivity contribution in [3.63, 3.8) is 0 Å². The fourth-order valence-corrected chi connectivity index (χ4v) is 2.69. The summed E-state index contributed by atoms with van der Waals surface area (Å²) < 4.78 is 10.4. The quantitative estimate of drug-likeness (QED) is 0.766. The van der Waals surface area contributed by atoms with E-state index in [0.29, 0.717) is 28.3 Å². The lowest BCUT2D eigenvalue weighted by Gasteiger charge is -2.11. The molecule has 0 spiro atoms. The number of hydrogen-bond acceptors (Lipinski definition) is 4. The molecule has 2 aromatic carbocycles. The third-order valence-electron chi connectivity index (χ3n) is 3.95. The van der Waals surface area contributed by atoms with E-state index in [2.05, 4.69) is 10.3 Å². The Labute approximate surface area is 144 Å². The summed E-state index contributed by atoms with van der Waals surface area (Å²) in [5.74, 6) is 0.752. The van der Waals surface area contributed by atoms with Crippen LogP contribution in [0, 0.1) is 6.92 Å². The molecular formula is C19H18N2O4. The Bertz CT molecular complexity index is 1010. The van der Waals surface area contributed by atoms with Gasteiger partial charge in [0.05, 0.1) is 19.7 Å². The van der Waals surface area contributed by atoms with Gasteiger partial charge in [0, 0.05) is 22.7 Å². The van der Waals surface area contributed by atoms with Crippen molar-refractivity contribution in [2.75, 3.05) is 19.5 Å². The lowest BCUT2D eigenvalue weighted by Crippen LogP contribution is -2.12. The van der Waals surface area contributed by atoms with Crippen molar-refractivity contribution in [1.29, 1.82) is 0 Å². The molecule has 0 bridgehead atoms. The number of aromatic amines is 1. The number of aromatic nitrogens is 1. The molecule has 0 aliphatic heterocycles. The highest BCUT2D eigenvalue weighted by atomic mass is 16.5. The van der Waals surface area contributed by atoms with E-state index in [1.165, 1.54) is 14.2 Å². The lowest BCUT2D eigenvalue weighted by molar-refractivity contribution is 0.102. The van der Waals surface area contributed by atoms with E-state index in [9.17, 15) is 9.59 Å². The zero-order chi connectivity index (χ0) is 18.0. The van der Waals surface area contributed by atoms with E-state index in [1.54, 1.807) is 36.4 Å². The number of H-pyrrole nitrogens is 1.